The molecule has 4 rings (SSSR count). The van der Waals surface area contributed by atoms with Crippen molar-refractivity contribution in [2.45, 2.75) is 44.6 Å². The van der Waals surface area contributed by atoms with Crippen LogP contribution in [0.25, 0.3) is 11.0 Å². The van der Waals surface area contributed by atoms with E-state index >= 15 is 0 Å². The second-order valence-electron chi connectivity index (χ2n) is 8.33. The highest BCUT2D eigenvalue weighted by Gasteiger charge is 2.22. The zero-order valence-electron chi connectivity index (χ0n) is 17.5. The van der Waals surface area contributed by atoms with Crippen molar-refractivity contribution in [1.82, 2.24) is 14.9 Å². The summed E-state index contributed by atoms with van der Waals surface area (Å²) in [5.41, 5.74) is 8.06. The predicted molar refractivity (Wildman–Crippen MR) is 119 cm³/mol. The van der Waals surface area contributed by atoms with Crippen LogP contribution in [0.1, 0.15) is 37.7 Å². The summed E-state index contributed by atoms with van der Waals surface area (Å²) >= 11 is 0. The van der Waals surface area contributed by atoms with Crippen molar-refractivity contribution >= 4 is 16.9 Å². The summed E-state index contributed by atoms with van der Waals surface area (Å²) in [4.78, 5) is 21.9. The molecule has 0 unspecified atom stereocenters. The summed E-state index contributed by atoms with van der Waals surface area (Å²) in [5.74, 6) is 2.13. The average molecular weight is 407 g/mol. The molecule has 6 heteroatoms. The lowest BCUT2D eigenvalue weighted by molar-refractivity contribution is -0.132. The molecule has 2 heterocycles. The van der Waals surface area contributed by atoms with Gasteiger partial charge in [-0.2, -0.15) is 0 Å². The summed E-state index contributed by atoms with van der Waals surface area (Å²) in [6.07, 6.45) is 10.4. The molecular weight excluding hydrogens is 376 g/mol. The number of rotatable bonds is 7. The first-order valence-corrected chi connectivity index (χ1v) is 10.8. The van der Waals surface area contributed by atoms with E-state index < -0.39 is 6.04 Å². The summed E-state index contributed by atoms with van der Waals surface area (Å²) in [6.45, 7) is 0.818. The van der Waals surface area contributed by atoms with Crippen LogP contribution in [0.5, 0.6) is 11.5 Å². The lowest BCUT2D eigenvalue weighted by Crippen LogP contribution is -2.44. The van der Waals surface area contributed by atoms with Gasteiger partial charge < -0.3 is 20.4 Å². The third kappa shape index (κ3) is 4.82. The van der Waals surface area contributed by atoms with Gasteiger partial charge in [0.2, 0.25) is 5.91 Å². The van der Waals surface area contributed by atoms with Crippen LogP contribution in [-0.2, 0) is 11.2 Å². The van der Waals surface area contributed by atoms with Gasteiger partial charge in [0.1, 0.15) is 17.1 Å². The number of fused-ring (bicyclic) bond motifs is 1. The number of hydrogen-bond donors (Lipinski definition) is 2. The third-order valence-corrected chi connectivity index (χ3v) is 5.98. The van der Waals surface area contributed by atoms with Gasteiger partial charge in [-0.1, -0.05) is 31.4 Å². The van der Waals surface area contributed by atoms with E-state index in [1.807, 2.05) is 54.5 Å². The van der Waals surface area contributed by atoms with Gasteiger partial charge in [-0.3, -0.25) is 4.79 Å². The zero-order valence-corrected chi connectivity index (χ0v) is 17.5. The number of carbonyl (C=O) groups is 1. The molecule has 2 aromatic heterocycles. The zero-order chi connectivity index (χ0) is 20.9. The Kier molecular flexibility index (Phi) is 6.33. The van der Waals surface area contributed by atoms with Crippen LogP contribution >= 0.6 is 0 Å². The van der Waals surface area contributed by atoms with Gasteiger partial charge in [0.15, 0.2) is 0 Å². The van der Waals surface area contributed by atoms with Crippen LogP contribution in [-0.4, -0.2) is 40.4 Å². The Bertz CT molecular complexity index is 976. The molecule has 1 aliphatic carbocycles. The molecule has 1 aromatic carbocycles. The Morgan fingerprint density at radius 3 is 2.73 bits per heavy atom. The van der Waals surface area contributed by atoms with Crippen LogP contribution in [0, 0.1) is 5.92 Å². The molecule has 0 aliphatic heterocycles. The molecule has 3 aromatic rings. The molecule has 0 saturated heterocycles. The van der Waals surface area contributed by atoms with Gasteiger partial charge in [-0.25, -0.2) is 4.98 Å². The molecule has 30 heavy (non-hydrogen) atoms. The molecule has 0 bridgehead atoms. The molecule has 1 fully saturated rings. The fourth-order valence-corrected chi connectivity index (χ4v) is 4.32. The van der Waals surface area contributed by atoms with Crippen LogP contribution in [0.3, 0.4) is 0 Å². The van der Waals surface area contributed by atoms with E-state index in [-0.39, 0.29) is 5.91 Å². The number of aromatic amines is 1. The largest absolute Gasteiger partial charge is 0.457 e. The number of aromatic nitrogens is 2. The van der Waals surface area contributed by atoms with Crippen molar-refractivity contribution in [3.8, 4) is 11.5 Å². The number of carbonyl (C=O) groups excluding carboxylic acids is 1. The van der Waals surface area contributed by atoms with E-state index in [4.69, 9.17) is 10.5 Å². The number of hydrogen-bond acceptors (Lipinski definition) is 4. The molecule has 1 aliphatic rings. The maximum absolute atomic E-state index is 12.7. The summed E-state index contributed by atoms with van der Waals surface area (Å²) in [6, 6.07) is 11.0. The Labute approximate surface area is 177 Å². The first-order chi connectivity index (χ1) is 14.6. The van der Waals surface area contributed by atoms with E-state index in [1.54, 1.807) is 6.20 Å². The fourth-order valence-electron chi connectivity index (χ4n) is 4.32. The summed E-state index contributed by atoms with van der Waals surface area (Å²) in [5, 5.41) is 0.940. The molecule has 158 valence electrons. The van der Waals surface area contributed by atoms with Crippen molar-refractivity contribution < 1.29 is 9.53 Å². The number of nitrogens with zero attached hydrogens (tertiary/aromatic N) is 2. The van der Waals surface area contributed by atoms with Crippen molar-refractivity contribution in [3.63, 3.8) is 0 Å². The predicted octanol–water partition coefficient (Wildman–Crippen LogP) is 4.26. The van der Waals surface area contributed by atoms with E-state index in [1.165, 1.54) is 32.1 Å². The van der Waals surface area contributed by atoms with Gasteiger partial charge in [0, 0.05) is 26.0 Å². The van der Waals surface area contributed by atoms with Crippen molar-refractivity contribution in [1.29, 1.82) is 0 Å². The molecule has 3 N–H and O–H groups in total. The minimum absolute atomic E-state index is 0.0209. The summed E-state index contributed by atoms with van der Waals surface area (Å²) < 4.78 is 6.01. The van der Waals surface area contributed by atoms with E-state index in [0.717, 1.165) is 34.6 Å². The van der Waals surface area contributed by atoms with Gasteiger partial charge in [0.05, 0.1) is 11.4 Å². The van der Waals surface area contributed by atoms with Crippen LogP contribution in [0.15, 0.2) is 48.8 Å². The maximum Gasteiger partial charge on any atom is 0.239 e. The second-order valence-corrected chi connectivity index (χ2v) is 8.33. The van der Waals surface area contributed by atoms with E-state index in [2.05, 4.69) is 9.97 Å². The third-order valence-electron chi connectivity index (χ3n) is 5.98. The number of H-pyrrole nitrogens is 1. The lowest BCUT2D eigenvalue weighted by Gasteiger charge is -2.28. The van der Waals surface area contributed by atoms with Gasteiger partial charge in [0.25, 0.3) is 0 Å². The number of likely N-dealkylation sites (N-methyl/N-ethyl adjacent to an activating group) is 1. The van der Waals surface area contributed by atoms with E-state index in [9.17, 15) is 4.79 Å². The SMILES string of the molecule is CN(CC1CCCCC1)C(=O)[C@H](N)Cc1ccc(Oc2ccnc3[nH]ccc23)cc1. The Balaban J connectivity index is 1.33. The topological polar surface area (TPSA) is 84.2 Å². The van der Waals surface area contributed by atoms with Gasteiger partial charge in [-0.15, -0.1) is 0 Å². The van der Waals surface area contributed by atoms with Gasteiger partial charge in [-0.05, 0) is 55.0 Å². The lowest BCUT2D eigenvalue weighted by atomic mass is 9.89. The minimum Gasteiger partial charge on any atom is -0.457 e. The molecule has 1 amide bonds. The first-order valence-electron chi connectivity index (χ1n) is 10.8. The molecular formula is C24H30N4O2. The Morgan fingerprint density at radius 2 is 1.97 bits per heavy atom. The first kappa shape index (κ1) is 20.4. The minimum atomic E-state index is -0.523. The van der Waals surface area contributed by atoms with Crippen molar-refractivity contribution in [2.24, 2.45) is 11.7 Å². The molecule has 1 saturated carbocycles. The van der Waals surface area contributed by atoms with Crippen molar-refractivity contribution in [3.05, 3.63) is 54.4 Å². The molecule has 1 atom stereocenters. The number of nitrogens with one attached hydrogen (secondary N) is 1. The number of pyridine rings is 1. The van der Waals surface area contributed by atoms with E-state index in [0.29, 0.717) is 12.3 Å². The number of benzene rings is 1. The highest BCUT2D eigenvalue weighted by molar-refractivity contribution is 5.82. The quantitative estimate of drug-likeness (QED) is 0.614. The monoisotopic (exact) mass is 406 g/mol. The highest BCUT2D eigenvalue weighted by Crippen LogP contribution is 2.28. The Hall–Kier alpha value is -2.86. The van der Waals surface area contributed by atoms with Crippen LogP contribution < -0.4 is 10.5 Å². The van der Waals surface area contributed by atoms with Crippen LogP contribution in [0.2, 0.25) is 0 Å². The highest BCUT2D eigenvalue weighted by atomic mass is 16.5. The average Bonchev–Trinajstić information content (AvgIpc) is 3.25. The van der Waals surface area contributed by atoms with Gasteiger partial charge >= 0.3 is 0 Å². The number of nitrogens with two attached hydrogens (primary N) is 1. The molecule has 0 spiro atoms. The standard InChI is InChI=1S/C24H30N4O2/c1-28(16-18-5-3-2-4-6-18)24(29)21(25)15-17-7-9-19(10-8-17)30-22-12-14-27-23-20(22)11-13-26-23/h7-14,18,21H,2-6,15-16,25H2,1H3,(H,26,27)/t21-/m1/s1. The second kappa shape index (κ2) is 9.30. The smallest absolute Gasteiger partial charge is 0.239 e. The molecule has 0 radical (unpaired) electrons. The Morgan fingerprint density at radius 1 is 1.20 bits per heavy atom. The normalized spacial score (nSPS) is 15.8. The van der Waals surface area contributed by atoms with Crippen LogP contribution in [0.4, 0.5) is 0 Å². The summed E-state index contributed by atoms with van der Waals surface area (Å²) in [7, 11) is 1.88. The fraction of sp³-hybridized carbons (Fsp3) is 0.417. The maximum atomic E-state index is 12.7. The van der Waals surface area contributed by atoms with Crippen molar-refractivity contribution in [2.75, 3.05) is 13.6 Å². The number of ether oxygens (including phenoxy) is 1. The molecule has 6 nitrogen and oxygen atoms in total. The number of amides is 1.